The van der Waals surface area contributed by atoms with Crippen LogP contribution in [0, 0.1) is 0 Å². The van der Waals surface area contributed by atoms with Crippen molar-refractivity contribution in [1.29, 1.82) is 0 Å². The van der Waals surface area contributed by atoms with E-state index in [-0.39, 0.29) is 17.1 Å². The van der Waals surface area contributed by atoms with Crippen molar-refractivity contribution in [3.05, 3.63) is 57.3 Å². The summed E-state index contributed by atoms with van der Waals surface area (Å²) in [6.45, 7) is 0. The smallest absolute Gasteiger partial charge is 0.263 e. The molecule has 126 valence electrons. The minimum Gasteiger partial charge on any atom is -0.359 e. The standard InChI is InChI=1S/C17H13N3O2S3/c1-20-16(22)14-10(13-5-3-7-23-13)8-24-15(14)19-17(20)25-9-12(21)11-4-2-6-18-11/h2-8,18H,9H2,1H3. The number of fused-ring (bicyclic) bond motifs is 1. The van der Waals surface area contributed by atoms with E-state index in [9.17, 15) is 9.59 Å². The summed E-state index contributed by atoms with van der Waals surface area (Å²) in [6, 6.07) is 7.50. The van der Waals surface area contributed by atoms with Crippen molar-refractivity contribution in [3.8, 4) is 10.4 Å². The largest absolute Gasteiger partial charge is 0.359 e. The highest BCUT2D eigenvalue weighted by atomic mass is 32.2. The number of hydrogen-bond donors (Lipinski definition) is 1. The molecule has 4 aromatic heterocycles. The Morgan fingerprint density at radius 2 is 2.20 bits per heavy atom. The molecule has 0 bridgehead atoms. The normalized spacial score (nSPS) is 11.2. The summed E-state index contributed by atoms with van der Waals surface area (Å²) in [5, 5.41) is 5.17. The third-order valence-corrected chi connectivity index (χ3v) is 6.60. The molecule has 1 N–H and O–H groups in total. The zero-order valence-corrected chi connectivity index (χ0v) is 15.6. The zero-order valence-electron chi connectivity index (χ0n) is 13.2. The number of rotatable bonds is 5. The molecular formula is C17H13N3O2S3. The van der Waals surface area contributed by atoms with Gasteiger partial charge in [-0.15, -0.1) is 22.7 Å². The maximum atomic E-state index is 12.8. The molecule has 0 aliphatic carbocycles. The molecule has 0 spiro atoms. The quantitative estimate of drug-likeness (QED) is 0.319. The van der Waals surface area contributed by atoms with Crippen LogP contribution in [0.2, 0.25) is 0 Å². The summed E-state index contributed by atoms with van der Waals surface area (Å²) in [6.07, 6.45) is 1.72. The number of nitrogens with zero attached hydrogens (tertiary/aromatic N) is 2. The second-order valence-electron chi connectivity index (χ2n) is 5.36. The second-order valence-corrected chi connectivity index (χ2v) is 8.11. The SMILES string of the molecule is Cn1c(SCC(=O)c2ccc[nH]2)nc2scc(-c3cccs3)c2c1=O. The number of aromatic amines is 1. The second kappa shape index (κ2) is 6.62. The lowest BCUT2D eigenvalue weighted by Gasteiger charge is -2.07. The Labute approximate surface area is 155 Å². The Hall–Kier alpha value is -2.16. The molecule has 8 heteroatoms. The lowest BCUT2D eigenvalue weighted by Crippen LogP contribution is -2.20. The highest BCUT2D eigenvalue weighted by Crippen LogP contribution is 2.34. The molecule has 0 unspecified atom stereocenters. The van der Waals surface area contributed by atoms with Gasteiger partial charge in [-0.3, -0.25) is 14.2 Å². The fraction of sp³-hybridized carbons (Fsp3) is 0.118. The lowest BCUT2D eigenvalue weighted by molar-refractivity contribution is 0.101. The molecule has 0 atom stereocenters. The number of thioether (sulfide) groups is 1. The van der Waals surface area contributed by atoms with Crippen LogP contribution in [0.5, 0.6) is 0 Å². The van der Waals surface area contributed by atoms with Crippen LogP contribution in [0.25, 0.3) is 20.7 Å². The van der Waals surface area contributed by atoms with Crippen molar-refractivity contribution in [2.75, 3.05) is 5.75 Å². The van der Waals surface area contributed by atoms with E-state index in [1.165, 1.54) is 27.7 Å². The molecule has 4 heterocycles. The summed E-state index contributed by atoms with van der Waals surface area (Å²) >= 11 is 4.34. The number of carbonyl (C=O) groups excluding carboxylic acids is 1. The Bertz CT molecular complexity index is 1090. The molecule has 25 heavy (non-hydrogen) atoms. The number of hydrogen-bond acceptors (Lipinski definition) is 6. The maximum Gasteiger partial charge on any atom is 0.263 e. The molecule has 0 amide bonds. The third kappa shape index (κ3) is 2.97. The number of H-pyrrole nitrogens is 1. The van der Waals surface area contributed by atoms with Gasteiger partial charge in [0.25, 0.3) is 5.56 Å². The molecule has 4 aromatic rings. The highest BCUT2D eigenvalue weighted by molar-refractivity contribution is 7.99. The average Bonchev–Trinajstić information content (AvgIpc) is 3.36. The summed E-state index contributed by atoms with van der Waals surface area (Å²) in [5.74, 6) is 0.213. The van der Waals surface area contributed by atoms with Crippen molar-refractivity contribution in [1.82, 2.24) is 14.5 Å². The van der Waals surface area contributed by atoms with Gasteiger partial charge in [-0.2, -0.15) is 0 Å². The number of ketones is 1. The van der Waals surface area contributed by atoms with Crippen molar-refractivity contribution < 1.29 is 4.79 Å². The Balaban J connectivity index is 1.68. The van der Waals surface area contributed by atoms with E-state index in [0.29, 0.717) is 21.1 Å². The molecule has 5 nitrogen and oxygen atoms in total. The minimum atomic E-state index is -0.0792. The number of nitrogens with one attached hydrogen (secondary N) is 1. The van der Waals surface area contributed by atoms with Gasteiger partial charge in [-0.1, -0.05) is 17.8 Å². The first kappa shape index (κ1) is 16.3. The number of thiophene rings is 2. The number of carbonyl (C=O) groups is 1. The molecule has 0 radical (unpaired) electrons. The lowest BCUT2D eigenvalue weighted by atomic mass is 10.2. The summed E-state index contributed by atoms with van der Waals surface area (Å²) in [5.41, 5.74) is 1.42. The fourth-order valence-electron chi connectivity index (χ4n) is 2.51. The predicted octanol–water partition coefficient (Wildman–Crippen LogP) is 4.03. The van der Waals surface area contributed by atoms with E-state index in [1.54, 1.807) is 36.7 Å². The van der Waals surface area contributed by atoms with E-state index in [4.69, 9.17) is 0 Å². The van der Waals surface area contributed by atoms with Gasteiger partial charge in [0.15, 0.2) is 10.9 Å². The molecule has 0 saturated heterocycles. The van der Waals surface area contributed by atoms with Crippen LogP contribution >= 0.6 is 34.4 Å². The van der Waals surface area contributed by atoms with E-state index in [0.717, 1.165) is 10.4 Å². The van der Waals surface area contributed by atoms with Crippen molar-refractivity contribution in [2.45, 2.75) is 5.16 Å². The maximum absolute atomic E-state index is 12.8. The minimum absolute atomic E-state index is 0.0187. The number of Topliss-reactive ketones (excluding diaryl/α,β-unsaturated/α-hetero) is 1. The molecule has 4 rings (SSSR count). The summed E-state index contributed by atoms with van der Waals surface area (Å²) in [4.78, 5) is 34.2. The van der Waals surface area contributed by atoms with Crippen LogP contribution in [-0.4, -0.2) is 26.1 Å². The Morgan fingerprint density at radius 1 is 1.32 bits per heavy atom. The van der Waals surface area contributed by atoms with Crippen LogP contribution in [0.3, 0.4) is 0 Å². The molecular weight excluding hydrogens is 374 g/mol. The van der Waals surface area contributed by atoms with Gasteiger partial charge in [-0.25, -0.2) is 4.98 Å². The first-order valence-corrected chi connectivity index (χ1v) is 10.2. The van der Waals surface area contributed by atoms with Gasteiger partial charge in [0.1, 0.15) is 4.83 Å². The van der Waals surface area contributed by atoms with Gasteiger partial charge in [0, 0.05) is 29.1 Å². The first-order valence-electron chi connectivity index (χ1n) is 7.46. The van der Waals surface area contributed by atoms with E-state index >= 15 is 0 Å². The van der Waals surface area contributed by atoms with Gasteiger partial charge in [0.05, 0.1) is 16.8 Å². The summed E-state index contributed by atoms with van der Waals surface area (Å²) in [7, 11) is 1.70. The fourth-order valence-corrected chi connectivity index (χ4v) is 5.16. The molecule has 0 aliphatic rings. The van der Waals surface area contributed by atoms with Gasteiger partial charge < -0.3 is 4.98 Å². The van der Waals surface area contributed by atoms with E-state index in [1.807, 2.05) is 22.9 Å². The van der Waals surface area contributed by atoms with Crippen LogP contribution < -0.4 is 5.56 Å². The van der Waals surface area contributed by atoms with Gasteiger partial charge in [-0.05, 0) is 23.6 Å². The Morgan fingerprint density at radius 3 is 2.92 bits per heavy atom. The van der Waals surface area contributed by atoms with Crippen molar-refractivity contribution >= 4 is 50.4 Å². The van der Waals surface area contributed by atoms with Gasteiger partial charge >= 0.3 is 0 Å². The van der Waals surface area contributed by atoms with Crippen LogP contribution in [0.1, 0.15) is 10.5 Å². The average molecular weight is 388 g/mol. The molecule has 0 saturated carbocycles. The van der Waals surface area contributed by atoms with Crippen LogP contribution in [0.4, 0.5) is 0 Å². The summed E-state index contributed by atoms with van der Waals surface area (Å²) < 4.78 is 1.53. The van der Waals surface area contributed by atoms with Crippen LogP contribution in [-0.2, 0) is 7.05 Å². The highest BCUT2D eigenvalue weighted by Gasteiger charge is 2.17. The van der Waals surface area contributed by atoms with Gasteiger partial charge in [0.2, 0.25) is 0 Å². The topological polar surface area (TPSA) is 67.8 Å². The molecule has 0 aromatic carbocycles. The van der Waals surface area contributed by atoms with Crippen LogP contribution in [0.15, 0.2) is 51.2 Å². The monoisotopic (exact) mass is 387 g/mol. The zero-order chi connectivity index (χ0) is 17.4. The molecule has 0 aliphatic heterocycles. The number of aromatic nitrogens is 3. The molecule has 0 fully saturated rings. The Kier molecular flexibility index (Phi) is 4.32. The van der Waals surface area contributed by atoms with E-state index < -0.39 is 0 Å². The predicted molar refractivity (Wildman–Crippen MR) is 104 cm³/mol. The third-order valence-electron chi connectivity index (χ3n) is 3.79. The van der Waals surface area contributed by atoms with Crippen molar-refractivity contribution in [2.24, 2.45) is 7.05 Å². The van der Waals surface area contributed by atoms with E-state index in [2.05, 4.69) is 9.97 Å². The first-order chi connectivity index (χ1) is 12.1. The van der Waals surface area contributed by atoms with Crippen molar-refractivity contribution in [3.63, 3.8) is 0 Å².